The first kappa shape index (κ1) is 12.7. The molecular weight excluding hydrogens is 222 g/mol. The van der Waals surface area contributed by atoms with Crippen molar-refractivity contribution in [3.63, 3.8) is 0 Å². The molecule has 0 aliphatic rings. The lowest BCUT2D eigenvalue weighted by Gasteiger charge is -2.10. The second-order valence-corrected chi connectivity index (χ2v) is 5.24. The van der Waals surface area contributed by atoms with Crippen molar-refractivity contribution in [2.24, 2.45) is 0 Å². The van der Waals surface area contributed by atoms with Crippen molar-refractivity contribution < 1.29 is 0 Å². The van der Waals surface area contributed by atoms with Crippen LogP contribution in [0, 0.1) is 0 Å². The smallest absolute Gasteiger partial charge is 0.0886 e. The van der Waals surface area contributed by atoms with Crippen molar-refractivity contribution in [2.45, 2.75) is 39.5 Å². The summed E-state index contributed by atoms with van der Waals surface area (Å²) >= 11 is 0. The summed E-state index contributed by atoms with van der Waals surface area (Å²) in [6.45, 7) is 8.55. The third-order valence-corrected chi connectivity index (χ3v) is 3.08. The molecule has 96 valence electrons. The van der Waals surface area contributed by atoms with Crippen LogP contribution < -0.4 is 5.73 Å². The molecule has 0 spiro atoms. The van der Waals surface area contributed by atoms with Gasteiger partial charge in [0.15, 0.2) is 0 Å². The molecule has 0 radical (unpaired) electrons. The van der Waals surface area contributed by atoms with Gasteiger partial charge in [-0.3, -0.25) is 0 Å². The van der Waals surface area contributed by atoms with E-state index >= 15 is 0 Å². The van der Waals surface area contributed by atoms with Crippen LogP contribution >= 0.6 is 0 Å². The number of nitrogens with two attached hydrogens (primary N) is 1. The molecule has 0 saturated carbocycles. The zero-order valence-electron chi connectivity index (χ0n) is 11.5. The van der Waals surface area contributed by atoms with E-state index in [1.807, 2.05) is 22.9 Å². The van der Waals surface area contributed by atoms with Crippen LogP contribution in [0.5, 0.6) is 0 Å². The molecule has 1 heterocycles. The van der Waals surface area contributed by atoms with Crippen molar-refractivity contribution in [3.8, 4) is 5.69 Å². The molecule has 2 N–H and O–H groups in total. The molecule has 0 aliphatic carbocycles. The summed E-state index contributed by atoms with van der Waals surface area (Å²) in [5, 5.41) is 4.69. The van der Waals surface area contributed by atoms with Gasteiger partial charge in [0, 0.05) is 0 Å². The Hall–Kier alpha value is -1.77. The third-order valence-electron chi connectivity index (χ3n) is 3.08. The van der Waals surface area contributed by atoms with Crippen molar-refractivity contribution in [2.75, 3.05) is 5.73 Å². The van der Waals surface area contributed by atoms with Gasteiger partial charge >= 0.3 is 0 Å². The summed E-state index contributed by atoms with van der Waals surface area (Å²) in [6, 6.07) is 10.2. The van der Waals surface area contributed by atoms with Crippen LogP contribution in [0.3, 0.4) is 0 Å². The second kappa shape index (κ2) is 4.84. The summed E-state index contributed by atoms with van der Waals surface area (Å²) in [6.07, 6.45) is 0. The van der Waals surface area contributed by atoms with Gasteiger partial charge in [-0.2, -0.15) is 5.10 Å². The van der Waals surface area contributed by atoms with Crippen LogP contribution in [0.1, 0.15) is 50.9 Å². The Morgan fingerprint density at radius 1 is 1.00 bits per heavy atom. The highest BCUT2D eigenvalue weighted by Gasteiger charge is 2.20. The fourth-order valence-electron chi connectivity index (χ4n) is 2.21. The minimum absolute atomic E-state index is 0.340. The molecule has 18 heavy (non-hydrogen) atoms. The Morgan fingerprint density at radius 2 is 1.61 bits per heavy atom. The van der Waals surface area contributed by atoms with Crippen LogP contribution in [0.4, 0.5) is 5.69 Å². The Bertz CT molecular complexity index is 524. The normalized spacial score (nSPS) is 11.4. The van der Waals surface area contributed by atoms with Crippen LogP contribution in [-0.2, 0) is 0 Å². The summed E-state index contributed by atoms with van der Waals surface area (Å²) in [4.78, 5) is 0. The monoisotopic (exact) mass is 243 g/mol. The third kappa shape index (κ3) is 2.13. The van der Waals surface area contributed by atoms with E-state index in [0.717, 1.165) is 22.8 Å². The van der Waals surface area contributed by atoms with Gasteiger partial charge in [0.25, 0.3) is 0 Å². The van der Waals surface area contributed by atoms with E-state index in [0.29, 0.717) is 11.8 Å². The highest BCUT2D eigenvalue weighted by Crippen LogP contribution is 2.31. The van der Waals surface area contributed by atoms with E-state index in [2.05, 4.69) is 39.8 Å². The molecular formula is C15H21N3. The molecule has 0 atom stereocenters. The van der Waals surface area contributed by atoms with Crippen LogP contribution in [0.2, 0.25) is 0 Å². The molecule has 0 aliphatic heterocycles. The number of hydrogen-bond acceptors (Lipinski definition) is 2. The predicted molar refractivity (Wildman–Crippen MR) is 76.2 cm³/mol. The highest BCUT2D eigenvalue weighted by molar-refractivity contribution is 5.54. The first-order chi connectivity index (χ1) is 8.52. The molecule has 0 unspecified atom stereocenters. The molecule has 3 nitrogen and oxygen atoms in total. The minimum Gasteiger partial charge on any atom is -0.396 e. The zero-order valence-corrected chi connectivity index (χ0v) is 11.5. The summed E-state index contributed by atoms with van der Waals surface area (Å²) in [5.74, 6) is 0.692. The fraction of sp³-hybridized carbons (Fsp3) is 0.400. The maximum absolute atomic E-state index is 6.26. The van der Waals surface area contributed by atoms with Crippen molar-refractivity contribution in [3.05, 3.63) is 41.7 Å². The topological polar surface area (TPSA) is 43.8 Å². The number of aromatic nitrogens is 2. The maximum Gasteiger partial charge on any atom is 0.0886 e. The van der Waals surface area contributed by atoms with Gasteiger partial charge in [-0.1, -0.05) is 45.9 Å². The first-order valence-electron chi connectivity index (χ1n) is 6.46. The van der Waals surface area contributed by atoms with Crippen LogP contribution in [0.15, 0.2) is 30.3 Å². The summed E-state index contributed by atoms with van der Waals surface area (Å²) in [7, 11) is 0. The lowest BCUT2D eigenvalue weighted by Crippen LogP contribution is -2.05. The van der Waals surface area contributed by atoms with Gasteiger partial charge < -0.3 is 5.73 Å². The Labute approximate surface area is 109 Å². The number of benzene rings is 1. The SMILES string of the molecule is CC(C)c1nn(-c2ccccc2)c(C(C)C)c1N. The lowest BCUT2D eigenvalue weighted by molar-refractivity contribution is 0.715. The Morgan fingerprint density at radius 3 is 2.11 bits per heavy atom. The predicted octanol–water partition coefficient (Wildman–Crippen LogP) is 3.70. The van der Waals surface area contributed by atoms with E-state index in [1.165, 1.54) is 0 Å². The number of para-hydroxylation sites is 1. The zero-order chi connectivity index (χ0) is 13.3. The van der Waals surface area contributed by atoms with Crippen LogP contribution in [0.25, 0.3) is 5.69 Å². The maximum atomic E-state index is 6.26. The molecule has 1 aromatic heterocycles. The number of nitrogen functional groups attached to an aromatic ring is 1. The van der Waals surface area contributed by atoms with E-state index in [1.54, 1.807) is 0 Å². The molecule has 0 bridgehead atoms. The molecule has 3 heteroatoms. The number of rotatable bonds is 3. The summed E-state index contributed by atoms with van der Waals surface area (Å²) < 4.78 is 1.98. The minimum atomic E-state index is 0.340. The number of anilines is 1. The fourth-order valence-corrected chi connectivity index (χ4v) is 2.21. The van der Waals surface area contributed by atoms with Crippen molar-refractivity contribution >= 4 is 5.69 Å². The van der Waals surface area contributed by atoms with Crippen molar-refractivity contribution in [1.29, 1.82) is 0 Å². The first-order valence-corrected chi connectivity index (χ1v) is 6.46. The quantitative estimate of drug-likeness (QED) is 0.893. The van der Waals surface area contributed by atoms with Gasteiger partial charge in [-0.15, -0.1) is 0 Å². The average molecular weight is 243 g/mol. The highest BCUT2D eigenvalue weighted by atomic mass is 15.3. The summed E-state index contributed by atoms with van der Waals surface area (Å²) in [5.41, 5.74) is 10.3. The molecule has 0 saturated heterocycles. The van der Waals surface area contributed by atoms with Gasteiger partial charge in [0.1, 0.15) is 0 Å². The molecule has 0 fully saturated rings. The van der Waals surface area contributed by atoms with Crippen LogP contribution in [-0.4, -0.2) is 9.78 Å². The van der Waals surface area contributed by atoms with E-state index < -0.39 is 0 Å². The van der Waals surface area contributed by atoms with Gasteiger partial charge in [0.2, 0.25) is 0 Å². The van der Waals surface area contributed by atoms with E-state index in [4.69, 9.17) is 10.8 Å². The lowest BCUT2D eigenvalue weighted by atomic mass is 10.0. The van der Waals surface area contributed by atoms with E-state index in [9.17, 15) is 0 Å². The Kier molecular flexibility index (Phi) is 3.41. The number of nitrogens with zero attached hydrogens (tertiary/aromatic N) is 2. The largest absolute Gasteiger partial charge is 0.396 e. The second-order valence-electron chi connectivity index (χ2n) is 5.24. The Balaban J connectivity index is 2.63. The van der Waals surface area contributed by atoms with Gasteiger partial charge in [0.05, 0.1) is 22.8 Å². The average Bonchev–Trinajstić information content (AvgIpc) is 2.68. The molecule has 0 amide bonds. The molecule has 2 rings (SSSR count). The number of hydrogen-bond donors (Lipinski definition) is 1. The van der Waals surface area contributed by atoms with Gasteiger partial charge in [-0.05, 0) is 24.0 Å². The van der Waals surface area contributed by atoms with E-state index in [-0.39, 0.29) is 0 Å². The molecule has 2 aromatic rings. The molecule has 1 aromatic carbocycles. The standard InChI is InChI=1S/C15H21N3/c1-10(2)14-13(16)15(11(3)4)18(17-14)12-8-6-5-7-9-12/h5-11H,16H2,1-4H3. The van der Waals surface area contributed by atoms with Gasteiger partial charge in [-0.25, -0.2) is 4.68 Å². The van der Waals surface area contributed by atoms with Crippen molar-refractivity contribution in [1.82, 2.24) is 9.78 Å².